The third kappa shape index (κ3) is 4.08. The monoisotopic (exact) mass is 349 g/mol. The van der Waals surface area contributed by atoms with Crippen LogP contribution in [0, 0.1) is 5.82 Å². The largest absolute Gasteiger partial charge is 0.355 e. The molecule has 2 N–H and O–H groups in total. The summed E-state index contributed by atoms with van der Waals surface area (Å²) in [4.78, 5) is 16.2. The van der Waals surface area contributed by atoms with Crippen LogP contribution in [0.3, 0.4) is 0 Å². The Balaban J connectivity index is 1.69. The van der Waals surface area contributed by atoms with Crippen molar-refractivity contribution in [3.63, 3.8) is 0 Å². The zero-order valence-electron chi connectivity index (χ0n) is 12.7. The molecular weight excluding hydrogens is 333 g/mol. The first kappa shape index (κ1) is 16.4. The van der Waals surface area contributed by atoms with Crippen LogP contribution in [0.2, 0.25) is 0 Å². The lowest BCUT2D eigenvalue weighted by atomic mass is 10.2. The molecule has 2 aromatic rings. The summed E-state index contributed by atoms with van der Waals surface area (Å²) in [5.74, 6) is -0.749. The molecule has 1 aliphatic heterocycles. The van der Waals surface area contributed by atoms with Crippen molar-refractivity contribution in [2.45, 2.75) is 12.5 Å². The molecule has 3 rings (SSSR count). The maximum Gasteiger partial charge on any atom is 0.270 e. The van der Waals surface area contributed by atoms with Crippen LogP contribution in [0.15, 0.2) is 42.6 Å². The number of rotatable bonds is 4. The van der Waals surface area contributed by atoms with Gasteiger partial charge in [-0.2, -0.15) is 0 Å². The average molecular weight is 349 g/mol. The Labute approximate surface area is 139 Å². The molecule has 1 amide bonds. The molecule has 8 heteroatoms. The molecule has 1 aromatic heterocycles. The van der Waals surface area contributed by atoms with E-state index < -0.39 is 15.7 Å². The molecule has 1 unspecified atom stereocenters. The highest BCUT2D eigenvalue weighted by atomic mass is 32.2. The Morgan fingerprint density at radius 2 is 2.00 bits per heavy atom. The van der Waals surface area contributed by atoms with Crippen molar-refractivity contribution in [2.75, 3.05) is 16.8 Å². The van der Waals surface area contributed by atoms with Crippen LogP contribution in [-0.2, 0) is 9.84 Å². The second kappa shape index (κ2) is 6.56. The van der Waals surface area contributed by atoms with E-state index in [9.17, 15) is 17.6 Å². The van der Waals surface area contributed by atoms with E-state index in [2.05, 4.69) is 15.6 Å². The Hall–Kier alpha value is -2.48. The number of benzene rings is 1. The summed E-state index contributed by atoms with van der Waals surface area (Å²) >= 11 is 0. The van der Waals surface area contributed by atoms with Crippen molar-refractivity contribution in [1.29, 1.82) is 0 Å². The van der Waals surface area contributed by atoms with Gasteiger partial charge in [0.15, 0.2) is 9.84 Å². The number of hydrogen-bond acceptors (Lipinski definition) is 5. The number of nitrogens with one attached hydrogen (secondary N) is 2. The lowest BCUT2D eigenvalue weighted by Gasteiger charge is -2.11. The van der Waals surface area contributed by atoms with Gasteiger partial charge in [-0.25, -0.2) is 12.8 Å². The van der Waals surface area contributed by atoms with Crippen LogP contribution in [-0.4, -0.2) is 36.9 Å². The maximum atomic E-state index is 13.2. The SMILES string of the molecule is O=C(NC1CCS(=O)(=O)C1)c1cc(Nc2cccc(F)c2)ccn1. The summed E-state index contributed by atoms with van der Waals surface area (Å²) in [5, 5.41) is 5.67. The van der Waals surface area contributed by atoms with Crippen molar-refractivity contribution < 1.29 is 17.6 Å². The quantitative estimate of drug-likeness (QED) is 0.880. The molecule has 1 aliphatic rings. The first-order chi connectivity index (χ1) is 11.4. The van der Waals surface area contributed by atoms with Crippen molar-refractivity contribution in [3.05, 3.63) is 54.1 Å². The third-order valence-corrected chi connectivity index (χ3v) is 5.44. The van der Waals surface area contributed by atoms with Gasteiger partial charge in [-0.1, -0.05) is 6.07 Å². The minimum atomic E-state index is -3.06. The summed E-state index contributed by atoms with van der Waals surface area (Å²) in [5.41, 5.74) is 1.30. The number of aromatic nitrogens is 1. The maximum absolute atomic E-state index is 13.2. The summed E-state index contributed by atoms with van der Waals surface area (Å²) in [6, 6.07) is 8.75. The Kier molecular flexibility index (Phi) is 4.48. The topological polar surface area (TPSA) is 88.2 Å². The predicted molar refractivity (Wildman–Crippen MR) is 88.4 cm³/mol. The molecule has 0 radical (unpaired) electrons. The van der Waals surface area contributed by atoms with Crippen LogP contribution in [0.1, 0.15) is 16.9 Å². The van der Waals surface area contributed by atoms with Crippen LogP contribution >= 0.6 is 0 Å². The van der Waals surface area contributed by atoms with Crippen molar-refractivity contribution in [3.8, 4) is 0 Å². The number of amides is 1. The molecule has 1 saturated heterocycles. The second-order valence-electron chi connectivity index (χ2n) is 5.64. The Morgan fingerprint density at radius 1 is 1.21 bits per heavy atom. The zero-order valence-corrected chi connectivity index (χ0v) is 13.5. The number of anilines is 2. The van der Waals surface area contributed by atoms with E-state index in [0.717, 1.165) is 0 Å². The van der Waals surface area contributed by atoms with Gasteiger partial charge in [-0.3, -0.25) is 9.78 Å². The highest BCUT2D eigenvalue weighted by Crippen LogP contribution is 2.18. The van der Waals surface area contributed by atoms with Crippen LogP contribution in [0.25, 0.3) is 0 Å². The van der Waals surface area contributed by atoms with Crippen molar-refractivity contribution in [2.24, 2.45) is 0 Å². The van der Waals surface area contributed by atoms with Gasteiger partial charge in [-0.15, -0.1) is 0 Å². The molecule has 1 atom stereocenters. The Bertz CT molecular complexity index is 870. The van der Waals surface area contributed by atoms with E-state index in [1.807, 2.05) is 0 Å². The van der Waals surface area contributed by atoms with Gasteiger partial charge in [0.1, 0.15) is 11.5 Å². The predicted octanol–water partition coefficient (Wildman–Crippen LogP) is 1.88. The molecule has 0 bridgehead atoms. The van der Waals surface area contributed by atoms with Crippen molar-refractivity contribution in [1.82, 2.24) is 10.3 Å². The van der Waals surface area contributed by atoms with Gasteiger partial charge in [0.2, 0.25) is 0 Å². The van der Waals surface area contributed by atoms with Gasteiger partial charge in [-0.05, 0) is 36.8 Å². The zero-order chi connectivity index (χ0) is 17.2. The molecule has 2 heterocycles. The fourth-order valence-electron chi connectivity index (χ4n) is 2.53. The van der Waals surface area contributed by atoms with Gasteiger partial charge in [0.25, 0.3) is 5.91 Å². The minimum Gasteiger partial charge on any atom is -0.355 e. The smallest absolute Gasteiger partial charge is 0.270 e. The normalized spacial score (nSPS) is 19.0. The van der Waals surface area contributed by atoms with Crippen molar-refractivity contribution >= 4 is 27.1 Å². The van der Waals surface area contributed by atoms with E-state index in [1.54, 1.807) is 18.2 Å². The molecule has 6 nitrogen and oxygen atoms in total. The number of sulfone groups is 1. The highest BCUT2D eigenvalue weighted by molar-refractivity contribution is 7.91. The number of carbonyl (C=O) groups excluding carboxylic acids is 1. The van der Waals surface area contributed by atoms with E-state index in [4.69, 9.17) is 0 Å². The molecular formula is C16H16FN3O3S. The number of pyridine rings is 1. The van der Waals surface area contributed by atoms with E-state index in [-0.39, 0.29) is 29.1 Å². The number of nitrogens with zero attached hydrogens (tertiary/aromatic N) is 1. The molecule has 0 spiro atoms. The lowest BCUT2D eigenvalue weighted by molar-refractivity contribution is 0.0936. The number of halogens is 1. The van der Waals surface area contributed by atoms with Gasteiger partial charge in [0.05, 0.1) is 11.5 Å². The van der Waals surface area contributed by atoms with E-state index >= 15 is 0 Å². The summed E-state index contributed by atoms with van der Waals surface area (Å²) in [7, 11) is -3.06. The van der Waals surface area contributed by atoms with Gasteiger partial charge < -0.3 is 10.6 Å². The number of hydrogen-bond donors (Lipinski definition) is 2. The van der Waals surface area contributed by atoms with Crippen LogP contribution < -0.4 is 10.6 Å². The van der Waals surface area contributed by atoms with Gasteiger partial charge >= 0.3 is 0 Å². The molecule has 0 aliphatic carbocycles. The molecule has 1 fully saturated rings. The molecule has 24 heavy (non-hydrogen) atoms. The summed E-state index contributed by atoms with van der Waals surface area (Å²) in [6.45, 7) is 0. The second-order valence-corrected chi connectivity index (χ2v) is 7.87. The lowest BCUT2D eigenvalue weighted by Crippen LogP contribution is -2.36. The first-order valence-electron chi connectivity index (χ1n) is 7.41. The third-order valence-electron chi connectivity index (χ3n) is 3.67. The molecule has 1 aromatic carbocycles. The fourth-order valence-corrected chi connectivity index (χ4v) is 4.21. The molecule has 0 saturated carbocycles. The first-order valence-corrected chi connectivity index (χ1v) is 9.23. The van der Waals surface area contributed by atoms with E-state index in [1.165, 1.54) is 24.4 Å². The standard InChI is InChI=1S/C16H16FN3O3S/c17-11-2-1-3-12(8-11)19-13-4-6-18-15(9-13)16(21)20-14-5-7-24(22,23)10-14/h1-4,6,8-9,14H,5,7,10H2,(H,18,19)(H,20,21). The highest BCUT2D eigenvalue weighted by Gasteiger charge is 2.29. The van der Waals surface area contributed by atoms with Crippen LogP contribution in [0.5, 0.6) is 0 Å². The van der Waals surface area contributed by atoms with Crippen LogP contribution in [0.4, 0.5) is 15.8 Å². The summed E-state index contributed by atoms with van der Waals surface area (Å²) in [6.07, 6.45) is 1.87. The number of carbonyl (C=O) groups is 1. The molecule has 126 valence electrons. The van der Waals surface area contributed by atoms with Gasteiger partial charge in [0, 0.05) is 23.6 Å². The fraction of sp³-hybridized carbons (Fsp3) is 0.250. The minimum absolute atomic E-state index is 0.0417. The average Bonchev–Trinajstić information content (AvgIpc) is 2.86. The van der Waals surface area contributed by atoms with E-state index in [0.29, 0.717) is 17.8 Å². The Morgan fingerprint density at radius 3 is 2.71 bits per heavy atom. The summed E-state index contributed by atoms with van der Waals surface area (Å²) < 4.78 is 36.1.